The van der Waals surface area contributed by atoms with Crippen LogP contribution in [0.5, 0.6) is 5.75 Å². The number of nitrogens with zero attached hydrogens (tertiary/aromatic N) is 1. The number of carbonyl (C=O) groups excluding carboxylic acids is 2. The maximum Gasteiger partial charge on any atom is 0.161 e. The molecule has 0 aromatic heterocycles. The molecule has 2 aliphatic carbocycles. The molecule has 0 spiro atoms. The van der Waals surface area contributed by atoms with Crippen molar-refractivity contribution in [3.05, 3.63) is 50.3 Å². The van der Waals surface area contributed by atoms with Gasteiger partial charge in [-0.2, -0.15) is 0 Å². The molecule has 1 aromatic carbocycles. The first-order valence-electron chi connectivity index (χ1n) is 8.84. The van der Waals surface area contributed by atoms with Crippen molar-refractivity contribution < 1.29 is 14.7 Å². The second-order valence-electron chi connectivity index (χ2n) is 7.10. The average Bonchev–Trinajstić information content (AvgIpc) is 2.61. The minimum atomic E-state index is -0.451. The Labute approximate surface area is 162 Å². The number of hydrogen-bond donors (Lipinski definition) is 1. The Hall–Kier alpha value is -1.78. The van der Waals surface area contributed by atoms with Gasteiger partial charge in [-0.05, 0) is 43.4 Å². The van der Waals surface area contributed by atoms with Crippen molar-refractivity contribution in [2.75, 3.05) is 7.05 Å². The van der Waals surface area contributed by atoms with Gasteiger partial charge in [0.25, 0.3) is 0 Å². The number of carbonyl (C=O) groups is 2. The highest BCUT2D eigenvalue weighted by Gasteiger charge is 2.42. The summed E-state index contributed by atoms with van der Waals surface area (Å²) in [5, 5.41) is 10.2. The smallest absolute Gasteiger partial charge is 0.161 e. The molecule has 0 fully saturated rings. The van der Waals surface area contributed by atoms with Crippen LogP contribution in [0.3, 0.4) is 0 Å². The fourth-order valence-corrected chi connectivity index (χ4v) is 4.94. The largest absolute Gasteiger partial charge is 0.505 e. The fourth-order valence-electron chi connectivity index (χ4n) is 4.44. The molecule has 0 amide bonds. The van der Waals surface area contributed by atoms with Gasteiger partial charge in [0.1, 0.15) is 0 Å². The SMILES string of the molecule is CN1C2=C(C(=O)CCC2)C(c2cc(Cl)c(O)c(Cl)c2)C2=C1CCCC2=O. The summed E-state index contributed by atoms with van der Waals surface area (Å²) in [6.07, 6.45) is 4.25. The van der Waals surface area contributed by atoms with Crippen LogP contribution >= 0.6 is 23.2 Å². The van der Waals surface area contributed by atoms with Crippen LogP contribution in [0.4, 0.5) is 0 Å². The molecule has 1 heterocycles. The molecule has 0 saturated carbocycles. The Bertz CT molecular complexity index is 833. The summed E-state index contributed by atoms with van der Waals surface area (Å²) in [6, 6.07) is 3.25. The van der Waals surface area contributed by atoms with Gasteiger partial charge < -0.3 is 10.0 Å². The molecule has 1 N–H and O–H groups in total. The Morgan fingerprint density at radius 1 is 0.923 bits per heavy atom. The van der Waals surface area contributed by atoms with Crippen molar-refractivity contribution >= 4 is 34.8 Å². The van der Waals surface area contributed by atoms with Gasteiger partial charge in [0.2, 0.25) is 0 Å². The van der Waals surface area contributed by atoms with Crippen LogP contribution < -0.4 is 0 Å². The number of Topliss-reactive ketones (excluding diaryl/α,β-unsaturated/α-hetero) is 2. The molecule has 4 rings (SSSR count). The van der Waals surface area contributed by atoms with E-state index in [0.29, 0.717) is 29.6 Å². The topological polar surface area (TPSA) is 57.6 Å². The Balaban J connectivity index is 1.98. The third-order valence-corrected chi connectivity index (χ3v) is 6.19. The number of rotatable bonds is 1. The lowest BCUT2D eigenvalue weighted by Crippen LogP contribution is -2.37. The predicted octanol–water partition coefficient (Wildman–Crippen LogP) is 4.74. The number of phenolic OH excluding ortho intramolecular Hbond substituents is 1. The lowest BCUT2D eigenvalue weighted by atomic mass is 9.71. The molecule has 0 unspecified atom stereocenters. The van der Waals surface area contributed by atoms with E-state index < -0.39 is 5.92 Å². The van der Waals surface area contributed by atoms with Gasteiger partial charge in [-0.25, -0.2) is 0 Å². The van der Waals surface area contributed by atoms with Crippen molar-refractivity contribution in [3.8, 4) is 5.75 Å². The molecule has 0 radical (unpaired) electrons. The highest BCUT2D eigenvalue weighted by atomic mass is 35.5. The van der Waals surface area contributed by atoms with E-state index in [2.05, 4.69) is 4.90 Å². The van der Waals surface area contributed by atoms with E-state index >= 15 is 0 Å². The minimum Gasteiger partial charge on any atom is -0.505 e. The van der Waals surface area contributed by atoms with Crippen LogP contribution in [0, 0.1) is 0 Å². The third kappa shape index (κ3) is 2.58. The molecule has 0 bridgehead atoms. The molecule has 0 saturated heterocycles. The van der Waals surface area contributed by atoms with Crippen LogP contribution in [-0.4, -0.2) is 28.6 Å². The van der Waals surface area contributed by atoms with E-state index in [1.807, 2.05) is 7.05 Å². The summed E-state index contributed by atoms with van der Waals surface area (Å²) >= 11 is 12.3. The van der Waals surface area contributed by atoms with Gasteiger partial charge in [0.05, 0.1) is 10.0 Å². The van der Waals surface area contributed by atoms with Gasteiger partial charge in [0.15, 0.2) is 17.3 Å². The second-order valence-corrected chi connectivity index (χ2v) is 7.91. The number of halogens is 2. The summed E-state index contributed by atoms with van der Waals surface area (Å²) in [5.74, 6) is -0.479. The first kappa shape index (κ1) is 17.6. The molecule has 26 heavy (non-hydrogen) atoms. The number of aromatic hydroxyl groups is 1. The maximum atomic E-state index is 12.8. The highest BCUT2D eigenvalue weighted by molar-refractivity contribution is 6.37. The molecule has 4 nitrogen and oxygen atoms in total. The first-order chi connectivity index (χ1) is 12.4. The van der Waals surface area contributed by atoms with E-state index in [-0.39, 0.29) is 27.4 Å². The molecule has 3 aliphatic rings. The monoisotopic (exact) mass is 391 g/mol. The van der Waals surface area contributed by atoms with E-state index in [1.54, 1.807) is 12.1 Å². The fraction of sp³-hybridized carbons (Fsp3) is 0.400. The van der Waals surface area contributed by atoms with Crippen molar-refractivity contribution in [2.24, 2.45) is 0 Å². The van der Waals surface area contributed by atoms with Crippen LogP contribution in [0.1, 0.15) is 50.0 Å². The summed E-state index contributed by atoms with van der Waals surface area (Å²) in [7, 11) is 1.95. The maximum absolute atomic E-state index is 12.8. The number of ketones is 2. The second kappa shape index (κ2) is 6.43. The number of hydrogen-bond acceptors (Lipinski definition) is 4. The highest BCUT2D eigenvalue weighted by Crippen LogP contribution is 2.49. The molecular weight excluding hydrogens is 373 g/mol. The van der Waals surface area contributed by atoms with Crippen LogP contribution in [-0.2, 0) is 9.59 Å². The lowest BCUT2D eigenvalue weighted by molar-refractivity contribution is -0.117. The summed E-state index contributed by atoms with van der Waals surface area (Å²) < 4.78 is 0. The lowest BCUT2D eigenvalue weighted by Gasteiger charge is -2.42. The zero-order valence-corrected chi connectivity index (χ0v) is 16.0. The summed E-state index contributed by atoms with van der Waals surface area (Å²) in [5.41, 5.74) is 4.06. The van der Waals surface area contributed by atoms with Crippen molar-refractivity contribution in [2.45, 2.75) is 44.4 Å². The van der Waals surface area contributed by atoms with Crippen LogP contribution in [0.15, 0.2) is 34.7 Å². The zero-order chi connectivity index (χ0) is 18.6. The zero-order valence-electron chi connectivity index (χ0n) is 14.4. The van der Waals surface area contributed by atoms with E-state index in [9.17, 15) is 14.7 Å². The molecular formula is C20H19Cl2NO3. The van der Waals surface area contributed by atoms with E-state index in [1.165, 1.54) is 0 Å². The Morgan fingerprint density at radius 2 is 1.38 bits per heavy atom. The van der Waals surface area contributed by atoms with Gasteiger partial charge in [-0.15, -0.1) is 0 Å². The molecule has 1 aromatic rings. The average molecular weight is 392 g/mol. The predicted molar refractivity (Wildman–Crippen MR) is 100 cm³/mol. The first-order valence-corrected chi connectivity index (χ1v) is 9.60. The molecule has 136 valence electrons. The standard InChI is InChI=1S/C20H19Cl2NO3/c1-23-13-4-2-6-15(24)18(13)17(19-14(23)5-3-7-16(19)25)10-8-11(21)20(26)12(22)9-10/h8-9,17,26H,2-7H2,1H3. The van der Waals surface area contributed by atoms with E-state index in [0.717, 1.165) is 37.1 Å². The van der Waals surface area contributed by atoms with Gasteiger partial charge in [-0.1, -0.05) is 23.2 Å². The van der Waals surface area contributed by atoms with Crippen LogP contribution in [0.25, 0.3) is 0 Å². The minimum absolute atomic E-state index is 0.0772. The number of phenols is 1. The normalized spacial score (nSPS) is 21.3. The number of benzene rings is 1. The Kier molecular flexibility index (Phi) is 4.36. The Morgan fingerprint density at radius 3 is 1.85 bits per heavy atom. The summed E-state index contributed by atoms with van der Waals surface area (Å²) in [6.45, 7) is 0. The molecule has 0 atom stereocenters. The van der Waals surface area contributed by atoms with Crippen molar-refractivity contribution in [3.63, 3.8) is 0 Å². The number of allylic oxidation sites excluding steroid dienone is 4. The summed E-state index contributed by atoms with van der Waals surface area (Å²) in [4.78, 5) is 27.7. The van der Waals surface area contributed by atoms with E-state index in [4.69, 9.17) is 23.2 Å². The van der Waals surface area contributed by atoms with Gasteiger partial charge in [-0.3, -0.25) is 9.59 Å². The van der Waals surface area contributed by atoms with Crippen LogP contribution in [0.2, 0.25) is 10.0 Å². The van der Waals surface area contributed by atoms with Crippen molar-refractivity contribution in [1.29, 1.82) is 0 Å². The molecule has 1 aliphatic heterocycles. The van der Waals surface area contributed by atoms with Gasteiger partial charge >= 0.3 is 0 Å². The van der Waals surface area contributed by atoms with Gasteiger partial charge in [0, 0.05) is 48.3 Å². The third-order valence-electron chi connectivity index (χ3n) is 5.62. The van der Waals surface area contributed by atoms with Crippen molar-refractivity contribution in [1.82, 2.24) is 4.90 Å². The quantitative estimate of drug-likeness (QED) is 0.750. The molecule has 6 heteroatoms.